The zero-order chi connectivity index (χ0) is 13.2. The molecule has 4 nitrogen and oxygen atoms in total. The van der Waals surface area contributed by atoms with E-state index in [-0.39, 0.29) is 0 Å². The number of nitrogens with one attached hydrogen (secondary N) is 1. The van der Waals surface area contributed by atoms with Crippen LogP contribution in [-0.4, -0.2) is 35.9 Å². The lowest BCUT2D eigenvalue weighted by Crippen LogP contribution is -2.32. The highest BCUT2D eigenvalue weighted by Gasteiger charge is 2.32. The second kappa shape index (κ2) is 5.31. The number of nitrogens with zero attached hydrogens (tertiary/aromatic N) is 2. The summed E-state index contributed by atoms with van der Waals surface area (Å²) in [4.78, 5) is 4.85. The van der Waals surface area contributed by atoms with Crippen LogP contribution in [0.4, 0.5) is 0 Å². The summed E-state index contributed by atoms with van der Waals surface area (Å²) in [5, 5.41) is 3.35. The van der Waals surface area contributed by atoms with Gasteiger partial charge in [0, 0.05) is 12.6 Å². The molecule has 0 bridgehead atoms. The number of hydrogen-bond acceptors (Lipinski definition) is 3. The largest absolute Gasteiger partial charge is 0.379 e. The molecule has 0 amide bonds. The Morgan fingerprint density at radius 1 is 1.37 bits per heavy atom. The van der Waals surface area contributed by atoms with Gasteiger partial charge in [-0.1, -0.05) is 19.1 Å². The maximum absolute atomic E-state index is 5.63. The Morgan fingerprint density at radius 2 is 2.21 bits per heavy atom. The van der Waals surface area contributed by atoms with E-state index in [1.54, 1.807) is 0 Å². The van der Waals surface area contributed by atoms with Crippen LogP contribution in [0.1, 0.15) is 25.1 Å². The SMILES string of the molecule is CCCn1c(C2COCC2NC)nc2ccccc21. The molecule has 3 rings (SSSR count). The average Bonchev–Trinajstić information content (AvgIpc) is 3.03. The number of hydrogen-bond donors (Lipinski definition) is 1. The lowest BCUT2D eigenvalue weighted by Gasteiger charge is -2.18. The molecule has 2 aromatic rings. The number of aromatic nitrogens is 2. The van der Waals surface area contributed by atoms with Crippen molar-refractivity contribution >= 4 is 11.0 Å². The zero-order valence-corrected chi connectivity index (χ0v) is 11.6. The fourth-order valence-electron chi connectivity index (χ4n) is 2.93. The maximum atomic E-state index is 5.63. The van der Waals surface area contributed by atoms with Crippen molar-refractivity contribution in [1.82, 2.24) is 14.9 Å². The molecule has 1 saturated heterocycles. The number of para-hydroxylation sites is 2. The van der Waals surface area contributed by atoms with Crippen molar-refractivity contribution in [2.45, 2.75) is 31.8 Å². The van der Waals surface area contributed by atoms with Crippen LogP contribution in [0.2, 0.25) is 0 Å². The predicted octanol–water partition coefficient (Wildman–Crippen LogP) is 2.15. The first-order valence-corrected chi connectivity index (χ1v) is 7.05. The van der Waals surface area contributed by atoms with Gasteiger partial charge in [0.2, 0.25) is 0 Å². The molecule has 1 aliphatic rings. The number of imidazole rings is 1. The molecule has 2 unspecified atom stereocenters. The van der Waals surface area contributed by atoms with Crippen LogP contribution in [0, 0.1) is 0 Å². The normalized spacial score (nSPS) is 23.3. The molecule has 0 radical (unpaired) electrons. The second-order valence-corrected chi connectivity index (χ2v) is 5.15. The van der Waals surface area contributed by atoms with Crippen molar-refractivity contribution in [1.29, 1.82) is 0 Å². The van der Waals surface area contributed by atoms with Crippen molar-refractivity contribution in [2.24, 2.45) is 0 Å². The topological polar surface area (TPSA) is 39.1 Å². The highest BCUT2D eigenvalue weighted by atomic mass is 16.5. The van der Waals surface area contributed by atoms with Crippen molar-refractivity contribution in [3.63, 3.8) is 0 Å². The van der Waals surface area contributed by atoms with Crippen LogP contribution in [0.15, 0.2) is 24.3 Å². The van der Waals surface area contributed by atoms with Gasteiger partial charge < -0.3 is 14.6 Å². The van der Waals surface area contributed by atoms with Crippen molar-refractivity contribution in [3.8, 4) is 0 Å². The van der Waals surface area contributed by atoms with Gasteiger partial charge in [-0.25, -0.2) is 4.98 Å². The van der Waals surface area contributed by atoms with E-state index in [1.807, 2.05) is 7.05 Å². The van der Waals surface area contributed by atoms with E-state index in [0.717, 1.165) is 31.7 Å². The number of rotatable bonds is 4. The third-order valence-corrected chi connectivity index (χ3v) is 3.91. The number of ether oxygens (including phenoxy) is 1. The maximum Gasteiger partial charge on any atom is 0.116 e. The fourth-order valence-corrected chi connectivity index (χ4v) is 2.93. The van der Waals surface area contributed by atoms with Gasteiger partial charge >= 0.3 is 0 Å². The molecule has 1 aliphatic heterocycles. The van der Waals surface area contributed by atoms with Crippen LogP contribution in [0.3, 0.4) is 0 Å². The molecule has 2 heterocycles. The highest BCUT2D eigenvalue weighted by Crippen LogP contribution is 2.28. The summed E-state index contributed by atoms with van der Waals surface area (Å²) in [5.74, 6) is 1.52. The Morgan fingerprint density at radius 3 is 3.00 bits per heavy atom. The minimum absolute atomic E-state index is 0.351. The van der Waals surface area contributed by atoms with E-state index in [2.05, 4.69) is 41.1 Å². The molecule has 0 spiro atoms. The minimum atomic E-state index is 0.351. The first-order chi connectivity index (χ1) is 9.35. The van der Waals surface area contributed by atoms with Crippen molar-refractivity contribution in [2.75, 3.05) is 20.3 Å². The molecular weight excluding hydrogens is 238 g/mol. The highest BCUT2D eigenvalue weighted by molar-refractivity contribution is 5.76. The lowest BCUT2D eigenvalue weighted by molar-refractivity contribution is 0.187. The van der Waals surface area contributed by atoms with Gasteiger partial charge in [0.25, 0.3) is 0 Å². The zero-order valence-electron chi connectivity index (χ0n) is 11.6. The summed E-state index contributed by atoms with van der Waals surface area (Å²) in [5.41, 5.74) is 2.33. The number of benzene rings is 1. The van der Waals surface area contributed by atoms with Crippen LogP contribution < -0.4 is 5.32 Å². The molecule has 102 valence electrons. The van der Waals surface area contributed by atoms with Gasteiger partial charge in [-0.15, -0.1) is 0 Å². The number of likely N-dealkylation sites (N-methyl/N-ethyl adjacent to an activating group) is 1. The van der Waals surface area contributed by atoms with Crippen LogP contribution in [-0.2, 0) is 11.3 Å². The Kier molecular flexibility index (Phi) is 3.53. The van der Waals surface area contributed by atoms with Gasteiger partial charge in [0.05, 0.1) is 30.2 Å². The Bertz CT molecular complexity index is 564. The summed E-state index contributed by atoms with van der Waals surface area (Å²) in [6, 6.07) is 8.75. The monoisotopic (exact) mass is 259 g/mol. The van der Waals surface area contributed by atoms with E-state index >= 15 is 0 Å². The first-order valence-electron chi connectivity index (χ1n) is 7.05. The molecule has 1 aromatic heterocycles. The molecule has 1 aromatic carbocycles. The Hall–Kier alpha value is -1.39. The molecule has 1 fully saturated rings. The smallest absolute Gasteiger partial charge is 0.116 e. The molecule has 0 aliphatic carbocycles. The second-order valence-electron chi connectivity index (χ2n) is 5.15. The first kappa shape index (κ1) is 12.6. The van der Waals surface area contributed by atoms with Gasteiger partial charge in [-0.05, 0) is 25.6 Å². The van der Waals surface area contributed by atoms with Gasteiger partial charge in [0.15, 0.2) is 0 Å². The Balaban J connectivity index is 2.08. The molecular formula is C15H21N3O. The van der Waals surface area contributed by atoms with E-state index in [4.69, 9.17) is 9.72 Å². The summed E-state index contributed by atoms with van der Waals surface area (Å²) < 4.78 is 7.99. The molecule has 0 saturated carbocycles. The predicted molar refractivity (Wildman–Crippen MR) is 76.4 cm³/mol. The van der Waals surface area contributed by atoms with Gasteiger partial charge in [-0.3, -0.25) is 0 Å². The molecule has 2 atom stereocenters. The van der Waals surface area contributed by atoms with Crippen LogP contribution in [0.25, 0.3) is 11.0 Å². The Labute approximate surface area is 113 Å². The third-order valence-electron chi connectivity index (χ3n) is 3.91. The minimum Gasteiger partial charge on any atom is -0.379 e. The van der Waals surface area contributed by atoms with Crippen molar-refractivity contribution in [3.05, 3.63) is 30.1 Å². The molecule has 4 heteroatoms. The molecule has 19 heavy (non-hydrogen) atoms. The standard InChI is InChI=1S/C15H21N3O/c1-3-8-18-14-7-5-4-6-12(14)17-15(18)11-9-19-10-13(11)16-2/h4-7,11,13,16H,3,8-10H2,1-2H3. The lowest BCUT2D eigenvalue weighted by atomic mass is 10.0. The quantitative estimate of drug-likeness (QED) is 0.914. The van der Waals surface area contributed by atoms with Crippen molar-refractivity contribution < 1.29 is 4.74 Å². The number of fused-ring (bicyclic) bond motifs is 1. The summed E-state index contributed by atoms with van der Waals surface area (Å²) in [6.07, 6.45) is 1.12. The van der Waals surface area contributed by atoms with E-state index in [1.165, 1.54) is 11.3 Å². The van der Waals surface area contributed by atoms with Gasteiger partial charge in [0.1, 0.15) is 5.82 Å². The molecule has 1 N–H and O–H groups in total. The van der Waals surface area contributed by atoms with E-state index in [0.29, 0.717) is 12.0 Å². The third kappa shape index (κ3) is 2.15. The van der Waals surface area contributed by atoms with E-state index < -0.39 is 0 Å². The summed E-state index contributed by atoms with van der Waals surface area (Å²) in [6.45, 7) is 4.76. The average molecular weight is 259 g/mol. The van der Waals surface area contributed by atoms with Crippen LogP contribution in [0.5, 0.6) is 0 Å². The summed E-state index contributed by atoms with van der Waals surface area (Å²) in [7, 11) is 2.00. The summed E-state index contributed by atoms with van der Waals surface area (Å²) >= 11 is 0. The van der Waals surface area contributed by atoms with Crippen LogP contribution >= 0.6 is 0 Å². The van der Waals surface area contributed by atoms with E-state index in [9.17, 15) is 0 Å². The fraction of sp³-hybridized carbons (Fsp3) is 0.533. The van der Waals surface area contributed by atoms with Gasteiger partial charge in [-0.2, -0.15) is 0 Å². The number of aryl methyl sites for hydroxylation is 1.